The molecule has 0 aliphatic carbocycles. The van der Waals surface area contributed by atoms with Gasteiger partial charge in [-0.15, -0.1) is 0 Å². The maximum atomic E-state index is 12.5. The van der Waals surface area contributed by atoms with E-state index in [-0.39, 0.29) is 11.6 Å². The number of halogens is 1. The number of nitrogens with zero attached hydrogens (tertiary/aromatic N) is 1. The Morgan fingerprint density at radius 1 is 1.22 bits per heavy atom. The summed E-state index contributed by atoms with van der Waals surface area (Å²) in [7, 11) is 0. The van der Waals surface area contributed by atoms with Gasteiger partial charge in [0, 0.05) is 15.7 Å². The smallest absolute Gasteiger partial charge is 0.206 e. The van der Waals surface area contributed by atoms with E-state index in [1.54, 1.807) is 12.1 Å². The van der Waals surface area contributed by atoms with E-state index < -0.39 is 0 Å². The average Bonchev–Trinajstić information content (AvgIpc) is 2.88. The lowest BCUT2D eigenvalue weighted by molar-refractivity contribution is 0.104. The minimum atomic E-state index is -0.121. The second kappa shape index (κ2) is 6.52. The second-order valence-corrected chi connectivity index (χ2v) is 6.98. The monoisotopic (exact) mass is 387 g/mol. The summed E-state index contributed by atoms with van der Waals surface area (Å²) < 4.78 is 0.924. The first-order chi connectivity index (χ1) is 11.0. The molecule has 3 N–H and O–H groups in total. The first-order valence-corrected chi connectivity index (χ1v) is 8.54. The molecule has 0 aliphatic heterocycles. The number of rotatable bonds is 4. The van der Waals surface area contributed by atoms with E-state index in [1.807, 2.05) is 43.3 Å². The van der Waals surface area contributed by atoms with E-state index in [0.29, 0.717) is 15.6 Å². The number of carbonyl (C=O) groups is 1. The number of nitrogens with one attached hydrogen (secondary N) is 1. The number of nitrogen functional groups attached to an aromatic ring is 1. The topological polar surface area (TPSA) is 68.0 Å². The number of carbonyl (C=O) groups excluding carboxylic acids is 1. The van der Waals surface area contributed by atoms with E-state index in [4.69, 9.17) is 5.73 Å². The van der Waals surface area contributed by atoms with Gasteiger partial charge in [-0.1, -0.05) is 39.4 Å². The summed E-state index contributed by atoms with van der Waals surface area (Å²) in [6.45, 7) is 2.02. The lowest BCUT2D eigenvalue weighted by Gasteiger charge is -2.02. The third-order valence-corrected chi connectivity index (χ3v) is 4.75. The number of anilines is 3. The summed E-state index contributed by atoms with van der Waals surface area (Å²) in [4.78, 5) is 17.2. The molecule has 4 nitrogen and oxygen atoms in total. The van der Waals surface area contributed by atoms with Crippen molar-refractivity contribution in [3.05, 3.63) is 69.0 Å². The van der Waals surface area contributed by atoms with Crippen molar-refractivity contribution in [3.63, 3.8) is 0 Å². The quantitative estimate of drug-likeness (QED) is 0.632. The van der Waals surface area contributed by atoms with Crippen LogP contribution in [0.3, 0.4) is 0 Å². The van der Waals surface area contributed by atoms with Gasteiger partial charge in [-0.3, -0.25) is 4.79 Å². The molecule has 0 aliphatic rings. The Balaban J connectivity index is 1.86. The van der Waals surface area contributed by atoms with Crippen LogP contribution in [-0.2, 0) is 0 Å². The Morgan fingerprint density at radius 2 is 1.96 bits per heavy atom. The molecule has 0 saturated heterocycles. The Bertz CT molecular complexity index is 859. The predicted octanol–water partition coefficient (Wildman–Crippen LogP) is 4.77. The van der Waals surface area contributed by atoms with E-state index >= 15 is 0 Å². The molecule has 6 heteroatoms. The minimum Gasteiger partial charge on any atom is -0.382 e. The maximum Gasteiger partial charge on any atom is 0.206 e. The number of ketones is 1. The highest BCUT2D eigenvalue weighted by Crippen LogP contribution is 2.30. The molecule has 0 atom stereocenters. The molecule has 0 amide bonds. The van der Waals surface area contributed by atoms with Gasteiger partial charge in [0.05, 0.1) is 0 Å². The van der Waals surface area contributed by atoms with Crippen LogP contribution in [0.1, 0.15) is 20.8 Å². The molecule has 0 unspecified atom stereocenters. The normalized spacial score (nSPS) is 10.5. The summed E-state index contributed by atoms with van der Waals surface area (Å²) in [5.41, 5.74) is 8.57. The summed E-state index contributed by atoms with van der Waals surface area (Å²) in [6.07, 6.45) is 0. The number of hydrogen-bond donors (Lipinski definition) is 2. The van der Waals surface area contributed by atoms with Crippen molar-refractivity contribution >= 4 is 49.7 Å². The first kappa shape index (κ1) is 15.7. The lowest BCUT2D eigenvalue weighted by Crippen LogP contribution is -2.02. The number of benzene rings is 2. The highest BCUT2D eigenvalue weighted by Gasteiger charge is 2.18. The van der Waals surface area contributed by atoms with Gasteiger partial charge in [-0.25, -0.2) is 4.98 Å². The Labute approximate surface area is 146 Å². The van der Waals surface area contributed by atoms with Gasteiger partial charge in [0.15, 0.2) is 5.13 Å². The molecule has 23 heavy (non-hydrogen) atoms. The van der Waals surface area contributed by atoms with Crippen molar-refractivity contribution in [2.45, 2.75) is 6.92 Å². The number of nitrogens with two attached hydrogens (primary N) is 1. The Kier molecular flexibility index (Phi) is 4.45. The molecule has 116 valence electrons. The molecule has 3 aromatic rings. The molecule has 0 radical (unpaired) electrons. The van der Waals surface area contributed by atoms with Gasteiger partial charge in [-0.05, 0) is 48.9 Å². The molecule has 3 rings (SSSR count). The van der Waals surface area contributed by atoms with Crippen LogP contribution in [0.2, 0.25) is 0 Å². The van der Waals surface area contributed by atoms with E-state index in [1.165, 1.54) is 11.3 Å². The summed E-state index contributed by atoms with van der Waals surface area (Å²) in [6, 6.07) is 15.1. The van der Waals surface area contributed by atoms with Gasteiger partial charge in [0.25, 0.3) is 0 Å². The summed E-state index contributed by atoms with van der Waals surface area (Å²) >= 11 is 4.62. The molecule has 1 heterocycles. The van der Waals surface area contributed by atoms with Crippen molar-refractivity contribution in [1.29, 1.82) is 0 Å². The molecule has 0 saturated carbocycles. The Hall–Kier alpha value is -2.18. The van der Waals surface area contributed by atoms with Crippen LogP contribution in [0.15, 0.2) is 53.0 Å². The van der Waals surface area contributed by atoms with Crippen LogP contribution >= 0.6 is 27.3 Å². The SMILES string of the molecule is Cc1cccc(Nc2nc(N)c(C(=O)c3ccc(Br)cc3)s2)c1. The number of thiazole rings is 1. The molecule has 2 aromatic carbocycles. The van der Waals surface area contributed by atoms with Crippen LogP contribution in [0, 0.1) is 6.92 Å². The fourth-order valence-electron chi connectivity index (χ4n) is 2.13. The molecular weight excluding hydrogens is 374 g/mol. The third-order valence-electron chi connectivity index (χ3n) is 3.24. The van der Waals surface area contributed by atoms with Crippen molar-refractivity contribution in [1.82, 2.24) is 4.98 Å². The van der Waals surface area contributed by atoms with Crippen LogP contribution in [0.5, 0.6) is 0 Å². The molecule has 0 spiro atoms. The first-order valence-electron chi connectivity index (χ1n) is 6.93. The third kappa shape index (κ3) is 3.60. The standard InChI is InChI=1S/C17H14BrN3OS/c1-10-3-2-4-13(9-10)20-17-21-16(19)15(23-17)14(22)11-5-7-12(18)8-6-11/h2-9H,19H2,1H3,(H,20,21). The predicted molar refractivity (Wildman–Crippen MR) is 98.6 cm³/mol. The van der Waals surface area contributed by atoms with Gasteiger partial charge in [0.1, 0.15) is 10.7 Å². The van der Waals surface area contributed by atoms with Crippen LogP contribution in [0.25, 0.3) is 0 Å². The molecule has 0 fully saturated rings. The zero-order valence-electron chi connectivity index (χ0n) is 12.3. The van der Waals surface area contributed by atoms with Gasteiger partial charge in [0.2, 0.25) is 5.78 Å². The zero-order chi connectivity index (χ0) is 16.4. The van der Waals surface area contributed by atoms with Crippen LogP contribution in [0.4, 0.5) is 16.6 Å². The number of aryl methyl sites for hydroxylation is 1. The van der Waals surface area contributed by atoms with Gasteiger partial charge >= 0.3 is 0 Å². The highest BCUT2D eigenvalue weighted by molar-refractivity contribution is 9.10. The average molecular weight is 388 g/mol. The highest BCUT2D eigenvalue weighted by atomic mass is 79.9. The number of hydrogen-bond acceptors (Lipinski definition) is 5. The Morgan fingerprint density at radius 3 is 2.65 bits per heavy atom. The summed E-state index contributed by atoms with van der Waals surface area (Å²) in [5, 5.41) is 3.79. The molecule has 1 aromatic heterocycles. The van der Waals surface area contributed by atoms with E-state index in [0.717, 1.165) is 15.7 Å². The van der Waals surface area contributed by atoms with Crippen LogP contribution < -0.4 is 11.1 Å². The minimum absolute atomic E-state index is 0.121. The van der Waals surface area contributed by atoms with Crippen molar-refractivity contribution in [2.75, 3.05) is 11.1 Å². The maximum absolute atomic E-state index is 12.5. The molecule has 0 bridgehead atoms. The largest absolute Gasteiger partial charge is 0.382 e. The van der Waals surface area contributed by atoms with Gasteiger partial charge in [-0.2, -0.15) is 0 Å². The van der Waals surface area contributed by atoms with E-state index in [9.17, 15) is 4.79 Å². The van der Waals surface area contributed by atoms with Crippen molar-refractivity contribution < 1.29 is 4.79 Å². The fourth-order valence-corrected chi connectivity index (χ4v) is 3.26. The van der Waals surface area contributed by atoms with Crippen molar-refractivity contribution in [2.24, 2.45) is 0 Å². The van der Waals surface area contributed by atoms with E-state index in [2.05, 4.69) is 26.2 Å². The number of aromatic nitrogens is 1. The summed E-state index contributed by atoms with van der Waals surface area (Å²) in [5.74, 6) is 0.128. The molecular formula is C17H14BrN3OS. The van der Waals surface area contributed by atoms with Gasteiger partial charge < -0.3 is 11.1 Å². The lowest BCUT2D eigenvalue weighted by atomic mass is 10.1. The second-order valence-electron chi connectivity index (χ2n) is 5.06. The fraction of sp³-hybridized carbons (Fsp3) is 0.0588. The van der Waals surface area contributed by atoms with Crippen LogP contribution in [-0.4, -0.2) is 10.8 Å². The zero-order valence-corrected chi connectivity index (χ0v) is 14.7. The van der Waals surface area contributed by atoms with Crippen molar-refractivity contribution in [3.8, 4) is 0 Å².